The minimum absolute atomic E-state index is 0.158. The van der Waals surface area contributed by atoms with Crippen LogP contribution in [-0.2, 0) is 17.6 Å². The molecule has 0 aliphatic carbocycles. The molecular formula is C13H18O3. The highest BCUT2D eigenvalue weighted by molar-refractivity contribution is 5.67. The molecule has 1 aromatic carbocycles. The van der Waals surface area contributed by atoms with Crippen LogP contribution in [0.2, 0.25) is 0 Å². The SMILES string of the molecule is CC(C)(O)Cc1ccc(CCC(=O)O)cc1. The zero-order chi connectivity index (χ0) is 12.2. The topological polar surface area (TPSA) is 57.5 Å². The summed E-state index contributed by atoms with van der Waals surface area (Å²) in [5.41, 5.74) is 1.37. The summed E-state index contributed by atoms with van der Waals surface area (Å²) in [5, 5.41) is 18.2. The molecule has 0 atom stereocenters. The Morgan fingerprint density at radius 3 is 2.12 bits per heavy atom. The Morgan fingerprint density at radius 2 is 1.69 bits per heavy atom. The third-order valence-corrected chi connectivity index (χ3v) is 2.29. The van der Waals surface area contributed by atoms with Crippen LogP contribution in [0.3, 0.4) is 0 Å². The highest BCUT2D eigenvalue weighted by Gasteiger charge is 2.12. The zero-order valence-electron chi connectivity index (χ0n) is 9.73. The van der Waals surface area contributed by atoms with E-state index in [4.69, 9.17) is 5.11 Å². The van der Waals surface area contributed by atoms with Gasteiger partial charge in [-0.25, -0.2) is 0 Å². The smallest absolute Gasteiger partial charge is 0.303 e. The van der Waals surface area contributed by atoms with Gasteiger partial charge in [0.2, 0.25) is 0 Å². The summed E-state index contributed by atoms with van der Waals surface area (Å²) in [6.45, 7) is 3.54. The molecule has 0 heterocycles. The summed E-state index contributed by atoms with van der Waals surface area (Å²) in [7, 11) is 0. The number of carboxylic acid groups (broad SMARTS) is 1. The first kappa shape index (κ1) is 12.7. The van der Waals surface area contributed by atoms with Crippen molar-refractivity contribution in [1.29, 1.82) is 0 Å². The molecule has 0 amide bonds. The van der Waals surface area contributed by atoms with Crippen molar-refractivity contribution < 1.29 is 15.0 Å². The van der Waals surface area contributed by atoms with Gasteiger partial charge in [0.25, 0.3) is 0 Å². The van der Waals surface area contributed by atoms with E-state index in [1.165, 1.54) is 0 Å². The number of rotatable bonds is 5. The van der Waals surface area contributed by atoms with Gasteiger partial charge in [0.1, 0.15) is 0 Å². The molecular weight excluding hydrogens is 204 g/mol. The van der Waals surface area contributed by atoms with Gasteiger partial charge in [-0.2, -0.15) is 0 Å². The molecule has 0 fully saturated rings. The fourth-order valence-corrected chi connectivity index (χ4v) is 1.57. The molecule has 3 nitrogen and oxygen atoms in total. The summed E-state index contributed by atoms with van der Waals surface area (Å²) in [6.07, 6.45) is 1.31. The van der Waals surface area contributed by atoms with E-state index in [1.807, 2.05) is 24.3 Å². The van der Waals surface area contributed by atoms with E-state index >= 15 is 0 Å². The van der Waals surface area contributed by atoms with Crippen LogP contribution < -0.4 is 0 Å². The van der Waals surface area contributed by atoms with Crippen molar-refractivity contribution in [3.05, 3.63) is 35.4 Å². The summed E-state index contributed by atoms with van der Waals surface area (Å²) < 4.78 is 0. The van der Waals surface area contributed by atoms with Crippen LogP contribution in [0.1, 0.15) is 31.4 Å². The maximum atomic E-state index is 10.4. The predicted molar refractivity (Wildman–Crippen MR) is 62.4 cm³/mol. The number of benzene rings is 1. The van der Waals surface area contributed by atoms with E-state index in [9.17, 15) is 9.90 Å². The lowest BCUT2D eigenvalue weighted by Crippen LogP contribution is -2.21. The molecule has 0 aromatic heterocycles. The number of carbonyl (C=O) groups is 1. The minimum atomic E-state index is -0.777. The van der Waals surface area contributed by atoms with Crippen LogP contribution in [0, 0.1) is 0 Å². The van der Waals surface area contributed by atoms with Gasteiger partial charge >= 0.3 is 5.97 Å². The van der Waals surface area contributed by atoms with Crippen molar-refractivity contribution in [3.8, 4) is 0 Å². The molecule has 0 aliphatic rings. The molecule has 0 radical (unpaired) electrons. The minimum Gasteiger partial charge on any atom is -0.481 e. The van der Waals surface area contributed by atoms with Crippen LogP contribution in [0.25, 0.3) is 0 Å². The summed E-state index contributed by atoms with van der Waals surface area (Å²) in [6, 6.07) is 7.72. The second kappa shape index (κ2) is 5.12. The lowest BCUT2D eigenvalue weighted by molar-refractivity contribution is -0.136. The molecule has 0 saturated carbocycles. The average Bonchev–Trinajstić information content (AvgIpc) is 2.14. The van der Waals surface area contributed by atoms with Crippen molar-refractivity contribution >= 4 is 5.97 Å². The number of hydrogen-bond acceptors (Lipinski definition) is 2. The number of aryl methyl sites for hydroxylation is 1. The first-order valence-electron chi connectivity index (χ1n) is 5.39. The maximum Gasteiger partial charge on any atom is 0.303 e. The van der Waals surface area contributed by atoms with Crippen molar-refractivity contribution in [3.63, 3.8) is 0 Å². The number of aliphatic hydroxyl groups is 1. The molecule has 0 spiro atoms. The van der Waals surface area contributed by atoms with Gasteiger partial charge in [-0.05, 0) is 31.4 Å². The summed E-state index contributed by atoms with van der Waals surface area (Å²) >= 11 is 0. The first-order chi connectivity index (χ1) is 7.37. The number of hydrogen-bond donors (Lipinski definition) is 2. The molecule has 2 N–H and O–H groups in total. The van der Waals surface area contributed by atoms with Crippen molar-refractivity contribution in [2.24, 2.45) is 0 Å². The normalized spacial score (nSPS) is 11.4. The summed E-state index contributed by atoms with van der Waals surface area (Å²) in [5.74, 6) is -0.777. The molecule has 88 valence electrons. The van der Waals surface area contributed by atoms with Gasteiger partial charge < -0.3 is 10.2 Å². The molecule has 0 bridgehead atoms. The predicted octanol–water partition coefficient (Wildman–Crippen LogP) is 2.02. The Balaban J connectivity index is 2.57. The third-order valence-electron chi connectivity index (χ3n) is 2.29. The Bertz CT molecular complexity index is 346. The molecule has 3 heteroatoms. The Kier molecular flexibility index (Phi) is 4.07. The lowest BCUT2D eigenvalue weighted by Gasteiger charge is -2.16. The standard InChI is InChI=1S/C13H18O3/c1-13(2,16)9-11-5-3-10(4-6-11)7-8-12(14)15/h3-6,16H,7-9H2,1-2H3,(H,14,15). The molecule has 1 rings (SSSR count). The van der Waals surface area contributed by atoms with E-state index in [0.29, 0.717) is 12.8 Å². The maximum absolute atomic E-state index is 10.4. The quantitative estimate of drug-likeness (QED) is 0.801. The van der Waals surface area contributed by atoms with Gasteiger partial charge in [0.15, 0.2) is 0 Å². The van der Waals surface area contributed by atoms with Crippen molar-refractivity contribution in [1.82, 2.24) is 0 Å². The van der Waals surface area contributed by atoms with Crippen LogP contribution >= 0.6 is 0 Å². The Hall–Kier alpha value is -1.35. The van der Waals surface area contributed by atoms with Crippen LogP contribution in [0.5, 0.6) is 0 Å². The van der Waals surface area contributed by atoms with Gasteiger partial charge in [-0.1, -0.05) is 24.3 Å². The van der Waals surface area contributed by atoms with E-state index in [2.05, 4.69) is 0 Å². The van der Waals surface area contributed by atoms with E-state index in [-0.39, 0.29) is 6.42 Å². The monoisotopic (exact) mass is 222 g/mol. The van der Waals surface area contributed by atoms with E-state index in [0.717, 1.165) is 11.1 Å². The average molecular weight is 222 g/mol. The fourth-order valence-electron chi connectivity index (χ4n) is 1.57. The number of carboxylic acids is 1. The fraction of sp³-hybridized carbons (Fsp3) is 0.462. The Labute approximate surface area is 95.7 Å². The van der Waals surface area contributed by atoms with Gasteiger partial charge in [-0.15, -0.1) is 0 Å². The molecule has 1 aromatic rings. The van der Waals surface area contributed by atoms with Crippen LogP contribution in [0.4, 0.5) is 0 Å². The largest absolute Gasteiger partial charge is 0.481 e. The number of aliphatic carboxylic acids is 1. The molecule has 0 saturated heterocycles. The highest BCUT2D eigenvalue weighted by atomic mass is 16.4. The molecule has 0 aliphatic heterocycles. The third kappa shape index (κ3) is 4.94. The van der Waals surface area contributed by atoms with Gasteiger partial charge in [0, 0.05) is 12.8 Å². The lowest BCUT2D eigenvalue weighted by atomic mass is 9.97. The van der Waals surface area contributed by atoms with E-state index in [1.54, 1.807) is 13.8 Å². The van der Waals surface area contributed by atoms with Crippen LogP contribution in [-0.4, -0.2) is 21.8 Å². The second-order valence-corrected chi connectivity index (χ2v) is 4.70. The van der Waals surface area contributed by atoms with Crippen LogP contribution in [0.15, 0.2) is 24.3 Å². The van der Waals surface area contributed by atoms with Crippen molar-refractivity contribution in [2.75, 3.05) is 0 Å². The van der Waals surface area contributed by atoms with Crippen molar-refractivity contribution in [2.45, 2.75) is 38.7 Å². The molecule has 0 unspecified atom stereocenters. The van der Waals surface area contributed by atoms with E-state index < -0.39 is 11.6 Å². The zero-order valence-corrected chi connectivity index (χ0v) is 9.73. The second-order valence-electron chi connectivity index (χ2n) is 4.70. The summed E-state index contributed by atoms with van der Waals surface area (Å²) in [4.78, 5) is 10.4. The molecule has 16 heavy (non-hydrogen) atoms. The van der Waals surface area contributed by atoms with Gasteiger partial charge in [0.05, 0.1) is 5.60 Å². The first-order valence-corrected chi connectivity index (χ1v) is 5.39. The Morgan fingerprint density at radius 1 is 1.19 bits per heavy atom. The highest BCUT2D eigenvalue weighted by Crippen LogP contribution is 2.13. The van der Waals surface area contributed by atoms with Gasteiger partial charge in [-0.3, -0.25) is 4.79 Å².